The number of halogens is 1. The Balaban J connectivity index is 1.35. The summed E-state index contributed by atoms with van der Waals surface area (Å²) in [6.45, 7) is 5.52. The summed E-state index contributed by atoms with van der Waals surface area (Å²) in [5.74, 6) is 0.122. The molecular weight excluding hydrogens is 384 g/mol. The van der Waals surface area contributed by atoms with E-state index in [2.05, 4.69) is 40.1 Å². The van der Waals surface area contributed by atoms with Crippen molar-refractivity contribution in [1.82, 2.24) is 9.91 Å². The lowest BCUT2D eigenvalue weighted by molar-refractivity contribution is -0.131. The molecule has 1 saturated heterocycles. The van der Waals surface area contributed by atoms with Crippen molar-refractivity contribution in [3.63, 3.8) is 0 Å². The molecule has 4 rings (SSSR count). The summed E-state index contributed by atoms with van der Waals surface area (Å²) in [7, 11) is 0. The normalized spacial score (nSPS) is 18.5. The van der Waals surface area contributed by atoms with E-state index in [1.54, 1.807) is 5.01 Å². The van der Waals surface area contributed by atoms with Crippen LogP contribution in [0, 0.1) is 0 Å². The van der Waals surface area contributed by atoms with Gasteiger partial charge in [0, 0.05) is 49.9 Å². The highest BCUT2D eigenvalue weighted by atomic mass is 35.5. The minimum absolute atomic E-state index is 0.122. The van der Waals surface area contributed by atoms with E-state index in [1.165, 1.54) is 5.69 Å². The Morgan fingerprint density at radius 2 is 1.59 bits per heavy atom. The maximum absolute atomic E-state index is 12.5. The third-order valence-electron chi connectivity index (χ3n) is 5.63. The first-order valence-electron chi connectivity index (χ1n) is 10.4. The summed E-state index contributed by atoms with van der Waals surface area (Å²) < 4.78 is 0. The number of amides is 1. The highest BCUT2D eigenvalue weighted by Crippen LogP contribution is 2.18. The highest BCUT2D eigenvalue weighted by molar-refractivity contribution is 6.30. The molecule has 0 saturated carbocycles. The Bertz CT molecular complexity index is 845. The van der Waals surface area contributed by atoms with Gasteiger partial charge >= 0.3 is 0 Å². The number of anilines is 1. The largest absolute Gasteiger partial charge is 0.369 e. The van der Waals surface area contributed by atoms with E-state index < -0.39 is 0 Å². The van der Waals surface area contributed by atoms with Gasteiger partial charge in [0.15, 0.2) is 0 Å². The molecule has 2 aliphatic rings. The molecule has 2 aliphatic heterocycles. The zero-order chi connectivity index (χ0) is 20.1. The number of nitrogens with zero attached hydrogens (tertiary/aromatic N) is 4. The lowest BCUT2D eigenvalue weighted by atomic mass is 10.1. The van der Waals surface area contributed by atoms with Gasteiger partial charge < -0.3 is 4.90 Å². The Hall–Kier alpha value is -2.37. The molecule has 5 nitrogen and oxygen atoms in total. The summed E-state index contributed by atoms with van der Waals surface area (Å²) in [5.41, 5.74) is 3.30. The van der Waals surface area contributed by atoms with Crippen LogP contribution in [0.4, 0.5) is 5.69 Å². The predicted molar refractivity (Wildman–Crippen MR) is 119 cm³/mol. The number of piperazine rings is 1. The smallest absolute Gasteiger partial charge is 0.242 e. The van der Waals surface area contributed by atoms with Crippen LogP contribution in [0.2, 0.25) is 5.02 Å². The molecule has 6 heteroatoms. The molecule has 0 N–H and O–H groups in total. The average molecular weight is 411 g/mol. The SMILES string of the molecule is O=C1CCCC(c2ccc(Cl)cc2)=NN1CCN1CCN(c2ccccc2)CC1. The van der Waals surface area contributed by atoms with Gasteiger partial charge in [0.1, 0.15) is 0 Å². The lowest BCUT2D eigenvalue weighted by Crippen LogP contribution is -2.48. The maximum atomic E-state index is 12.5. The van der Waals surface area contributed by atoms with Crippen LogP contribution in [0.1, 0.15) is 24.8 Å². The van der Waals surface area contributed by atoms with Crippen LogP contribution in [0.25, 0.3) is 0 Å². The van der Waals surface area contributed by atoms with Gasteiger partial charge in [0.05, 0.1) is 12.3 Å². The maximum Gasteiger partial charge on any atom is 0.242 e. The van der Waals surface area contributed by atoms with Crippen LogP contribution in [0.3, 0.4) is 0 Å². The van der Waals surface area contributed by atoms with Crippen LogP contribution >= 0.6 is 11.6 Å². The molecule has 0 aliphatic carbocycles. The van der Waals surface area contributed by atoms with Crippen molar-refractivity contribution >= 4 is 28.9 Å². The van der Waals surface area contributed by atoms with E-state index in [0.717, 1.165) is 56.8 Å². The summed E-state index contributed by atoms with van der Waals surface area (Å²) in [4.78, 5) is 17.4. The fraction of sp³-hybridized carbons (Fsp3) is 0.391. The van der Waals surface area contributed by atoms with E-state index in [0.29, 0.717) is 18.0 Å². The zero-order valence-corrected chi connectivity index (χ0v) is 17.4. The van der Waals surface area contributed by atoms with Crippen molar-refractivity contribution in [3.8, 4) is 0 Å². The molecule has 2 heterocycles. The van der Waals surface area contributed by atoms with Crippen molar-refractivity contribution in [3.05, 3.63) is 65.2 Å². The molecule has 2 aromatic rings. The number of para-hydroxylation sites is 1. The molecule has 2 aromatic carbocycles. The Morgan fingerprint density at radius 3 is 2.31 bits per heavy atom. The minimum Gasteiger partial charge on any atom is -0.369 e. The standard InChI is InChI=1S/C23H27ClN4O/c24-20-11-9-19(10-12-20)22-7-4-8-23(29)28(25-22)18-15-26-13-16-27(17-14-26)21-5-2-1-3-6-21/h1-3,5-6,9-12H,4,7-8,13-18H2. The molecule has 152 valence electrons. The van der Waals surface area contributed by atoms with Crippen molar-refractivity contribution < 1.29 is 4.79 Å². The minimum atomic E-state index is 0.122. The fourth-order valence-corrected chi connectivity index (χ4v) is 4.04. The number of hydrazone groups is 1. The predicted octanol–water partition coefficient (Wildman–Crippen LogP) is 3.88. The van der Waals surface area contributed by atoms with E-state index >= 15 is 0 Å². The molecule has 0 radical (unpaired) electrons. The first-order valence-corrected chi connectivity index (χ1v) is 10.7. The van der Waals surface area contributed by atoms with E-state index in [9.17, 15) is 4.79 Å². The Morgan fingerprint density at radius 1 is 0.862 bits per heavy atom. The third kappa shape index (κ3) is 5.17. The summed E-state index contributed by atoms with van der Waals surface area (Å²) in [5, 5.41) is 7.12. The van der Waals surface area contributed by atoms with Gasteiger partial charge in [-0.15, -0.1) is 0 Å². The van der Waals surface area contributed by atoms with Crippen LogP contribution < -0.4 is 4.90 Å². The monoisotopic (exact) mass is 410 g/mol. The van der Waals surface area contributed by atoms with Gasteiger partial charge in [-0.1, -0.05) is 41.9 Å². The van der Waals surface area contributed by atoms with Crippen LogP contribution in [-0.2, 0) is 4.79 Å². The molecule has 0 aromatic heterocycles. The molecule has 1 fully saturated rings. The van der Waals surface area contributed by atoms with Gasteiger partial charge in [-0.25, -0.2) is 5.01 Å². The molecule has 1 amide bonds. The molecule has 0 bridgehead atoms. The first kappa shape index (κ1) is 19.9. The topological polar surface area (TPSA) is 39.2 Å². The van der Waals surface area contributed by atoms with Crippen LogP contribution in [0.5, 0.6) is 0 Å². The van der Waals surface area contributed by atoms with Gasteiger partial charge in [-0.05, 0) is 42.7 Å². The zero-order valence-electron chi connectivity index (χ0n) is 16.6. The summed E-state index contributed by atoms with van der Waals surface area (Å²) in [6.07, 6.45) is 2.22. The average Bonchev–Trinajstić information content (AvgIpc) is 2.95. The summed E-state index contributed by atoms with van der Waals surface area (Å²) >= 11 is 6.01. The molecule has 0 unspecified atom stereocenters. The first-order chi connectivity index (χ1) is 14.2. The molecular formula is C23H27ClN4O. The lowest BCUT2D eigenvalue weighted by Gasteiger charge is -2.36. The molecule has 0 atom stereocenters. The fourth-order valence-electron chi connectivity index (χ4n) is 3.91. The van der Waals surface area contributed by atoms with Crippen molar-refractivity contribution in [2.24, 2.45) is 5.10 Å². The van der Waals surface area contributed by atoms with E-state index in [-0.39, 0.29) is 5.91 Å². The van der Waals surface area contributed by atoms with Gasteiger partial charge in [-0.2, -0.15) is 5.10 Å². The number of rotatable bonds is 5. The number of hydrogen-bond acceptors (Lipinski definition) is 4. The second-order valence-electron chi connectivity index (χ2n) is 7.59. The Kier molecular flexibility index (Phi) is 6.47. The van der Waals surface area contributed by atoms with Crippen LogP contribution in [0.15, 0.2) is 59.7 Å². The van der Waals surface area contributed by atoms with Gasteiger partial charge in [-0.3, -0.25) is 9.69 Å². The van der Waals surface area contributed by atoms with Crippen molar-refractivity contribution in [1.29, 1.82) is 0 Å². The molecule has 0 spiro atoms. The van der Waals surface area contributed by atoms with E-state index in [1.807, 2.05) is 24.3 Å². The second-order valence-corrected chi connectivity index (χ2v) is 8.02. The third-order valence-corrected chi connectivity index (χ3v) is 5.88. The van der Waals surface area contributed by atoms with Crippen molar-refractivity contribution in [2.45, 2.75) is 19.3 Å². The number of carbonyl (C=O) groups is 1. The van der Waals surface area contributed by atoms with E-state index in [4.69, 9.17) is 16.7 Å². The molecule has 29 heavy (non-hydrogen) atoms. The number of hydrogen-bond donors (Lipinski definition) is 0. The Labute approximate surface area is 177 Å². The number of benzene rings is 2. The summed E-state index contributed by atoms with van der Waals surface area (Å²) in [6, 6.07) is 18.3. The van der Waals surface area contributed by atoms with Gasteiger partial charge in [0.2, 0.25) is 5.91 Å². The van der Waals surface area contributed by atoms with Gasteiger partial charge in [0.25, 0.3) is 0 Å². The van der Waals surface area contributed by atoms with Crippen molar-refractivity contribution in [2.75, 3.05) is 44.2 Å². The van der Waals surface area contributed by atoms with Crippen LogP contribution in [-0.4, -0.2) is 60.8 Å². The quantitative estimate of drug-likeness (QED) is 0.750. The highest BCUT2D eigenvalue weighted by Gasteiger charge is 2.22. The number of carbonyl (C=O) groups excluding carboxylic acids is 1. The second kappa shape index (κ2) is 9.42.